The van der Waals surface area contributed by atoms with E-state index >= 15 is 0 Å². The summed E-state index contributed by atoms with van der Waals surface area (Å²) < 4.78 is 18.7. The van der Waals surface area contributed by atoms with Gasteiger partial charge in [-0.1, -0.05) is 24.2 Å². The first kappa shape index (κ1) is 12.7. The molecule has 4 nitrogen and oxygen atoms in total. The Balaban J connectivity index is 2.18. The van der Waals surface area contributed by atoms with Crippen molar-refractivity contribution >= 4 is 0 Å². The quantitative estimate of drug-likeness (QED) is 0.884. The Hall–Kier alpha value is -1.75. The van der Waals surface area contributed by atoms with E-state index in [0.717, 1.165) is 12.8 Å². The van der Waals surface area contributed by atoms with Gasteiger partial charge >= 0.3 is 0 Å². The van der Waals surface area contributed by atoms with Gasteiger partial charge in [0.15, 0.2) is 0 Å². The lowest BCUT2D eigenvalue weighted by Gasteiger charge is -2.03. The lowest BCUT2D eigenvalue weighted by atomic mass is 10.1. The van der Waals surface area contributed by atoms with E-state index in [0.29, 0.717) is 23.8 Å². The van der Waals surface area contributed by atoms with Crippen molar-refractivity contribution in [2.24, 2.45) is 5.73 Å². The molecule has 0 amide bonds. The molecule has 0 spiro atoms. The number of rotatable bonds is 5. The zero-order chi connectivity index (χ0) is 13.0. The Labute approximate surface area is 105 Å². The molecule has 0 radical (unpaired) electrons. The monoisotopic (exact) mass is 249 g/mol. The molecule has 5 heteroatoms. The Morgan fingerprint density at radius 2 is 2.17 bits per heavy atom. The second-order valence-corrected chi connectivity index (χ2v) is 4.27. The molecular weight excluding hydrogens is 233 g/mol. The van der Waals surface area contributed by atoms with Crippen LogP contribution in [0.25, 0.3) is 11.4 Å². The minimum Gasteiger partial charge on any atom is -0.339 e. The van der Waals surface area contributed by atoms with E-state index in [1.54, 1.807) is 18.2 Å². The third-order valence-electron chi connectivity index (χ3n) is 2.82. The average molecular weight is 249 g/mol. The number of hydrogen-bond donors (Lipinski definition) is 1. The molecule has 1 aromatic carbocycles. The number of halogens is 1. The zero-order valence-electron chi connectivity index (χ0n) is 10.3. The van der Waals surface area contributed by atoms with Crippen LogP contribution >= 0.6 is 0 Å². The fraction of sp³-hybridized carbons (Fsp3) is 0.385. The molecule has 2 N–H and O–H groups in total. The fourth-order valence-electron chi connectivity index (χ4n) is 1.73. The number of nitrogens with zero attached hydrogens (tertiary/aromatic N) is 2. The van der Waals surface area contributed by atoms with E-state index in [-0.39, 0.29) is 11.7 Å². The predicted molar refractivity (Wildman–Crippen MR) is 66.4 cm³/mol. The molecule has 96 valence electrons. The highest BCUT2D eigenvalue weighted by Gasteiger charge is 2.16. The molecule has 1 aromatic heterocycles. The number of hydrogen-bond acceptors (Lipinski definition) is 4. The maximum absolute atomic E-state index is 13.6. The Bertz CT molecular complexity index is 512. The molecule has 2 rings (SSSR count). The van der Waals surface area contributed by atoms with Crippen molar-refractivity contribution in [1.29, 1.82) is 0 Å². The van der Waals surface area contributed by atoms with Crippen molar-refractivity contribution in [3.63, 3.8) is 0 Å². The molecule has 2 aromatic rings. The number of nitrogens with two attached hydrogens (primary N) is 1. The molecule has 0 saturated heterocycles. The van der Waals surface area contributed by atoms with Gasteiger partial charge in [-0.05, 0) is 31.5 Å². The van der Waals surface area contributed by atoms with Crippen molar-refractivity contribution in [2.45, 2.75) is 25.7 Å². The molecule has 0 bridgehead atoms. The Morgan fingerprint density at radius 3 is 2.89 bits per heavy atom. The highest BCUT2D eigenvalue weighted by atomic mass is 19.1. The van der Waals surface area contributed by atoms with Gasteiger partial charge in [-0.25, -0.2) is 4.39 Å². The van der Waals surface area contributed by atoms with Crippen LogP contribution in [-0.2, 0) is 0 Å². The minimum atomic E-state index is -0.348. The summed E-state index contributed by atoms with van der Waals surface area (Å²) in [6, 6.07) is 6.38. The van der Waals surface area contributed by atoms with Gasteiger partial charge < -0.3 is 10.3 Å². The van der Waals surface area contributed by atoms with Crippen LogP contribution in [0.15, 0.2) is 28.8 Å². The summed E-state index contributed by atoms with van der Waals surface area (Å²) >= 11 is 0. The van der Waals surface area contributed by atoms with Crippen LogP contribution in [-0.4, -0.2) is 16.7 Å². The van der Waals surface area contributed by atoms with Crippen LogP contribution < -0.4 is 5.73 Å². The molecule has 0 aliphatic rings. The fourth-order valence-corrected chi connectivity index (χ4v) is 1.73. The molecule has 18 heavy (non-hydrogen) atoms. The summed E-state index contributed by atoms with van der Waals surface area (Å²) in [7, 11) is 0. The first-order valence-corrected chi connectivity index (χ1v) is 6.01. The predicted octanol–water partition coefficient (Wildman–Crippen LogP) is 2.72. The summed E-state index contributed by atoms with van der Waals surface area (Å²) in [4.78, 5) is 4.24. The van der Waals surface area contributed by atoms with Crippen molar-refractivity contribution in [1.82, 2.24) is 10.1 Å². The summed E-state index contributed by atoms with van der Waals surface area (Å²) in [6.07, 6.45) is 1.79. The van der Waals surface area contributed by atoms with Crippen LogP contribution in [0.5, 0.6) is 0 Å². The molecule has 0 aliphatic carbocycles. The number of aromatic nitrogens is 2. The van der Waals surface area contributed by atoms with Crippen molar-refractivity contribution in [2.75, 3.05) is 6.54 Å². The summed E-state index contributed by atoms with van der Waals surface area (Å²) in [6.45, 7) is 2.63. The SMILES string of the molecule is CC(CCCN)c1nc(-c2ccccc2F)no1. The summed E-state index contributed by atoms with van der Waals surface area (Å²) in [5, 5.41) is 3.82. The summed E-state index contributed by atoms with van der Waals surface area (Å²) in [5.74, 6) is 0.616. The van der Waals surface area contributed by atoms with E-state index in [2.05, 4.69) is 10.1 Å². The highest BCUT2D eigenvalue weighted by Crippen LogP contribution is 2.23. The molecule has 1 atom stereocenters. The Morgan fingerprint density at radius 1 is 1.39 bits per heavy atom. The average Bonchev–Trinajstić information content (AvgIpc) is 2.86. The van der Waals surface area contributed by atoms with Gasteiger partial charge in [0, 0.05) is 5.92 Å². The first-order chi connectivity index (χ1) is 8.72. The van der Waals surface area contributed by atoms with Gasteiger partial charge in [-0.2, -0.15) is 4.98 Å². The van der Waals surface area contributed by atoms with Gasteiger partial charge in [-0.15, -0.1) is 0 Å². The molecular formula is C13H16FN3O. The van der Waals surface area contributed by atoms with Gasteiger partial charge in [0.2, 0.25) is 11.7 Å². The standard InChI is InChI=1S/C13H16FN3O/c1-9(5-4-8-15)13-16-12(17-18-13)10-6-2-3-7-11(10)14/h2-3,6-7,9H,4-5,8,15H2,1H3. The molecule has 1 unspecified atom stereocenters. The van der Waals surface area contributed by atoms with E-state index in [1.165, 1.54) is 6.07 Å². The summed E-state index contributed by atoms with van der Waals surface area (Å²) in [5.41, 5.74) is 5.81. The third kappa shape index (κ3) is 2.73. The molecule has 0 saturated carbocycles. The molecule has 0 aliphatic heterocycles. The number of benzene rings is 1. The van der Waals surface area contributed by atoms with E-state index in [9.17, 15) is 4.39 Å². The van der Waals surface area contributed by atoms with Crippen LogP contribution in [0.4, 0.5) is 4.39 Å². The largest absolute Gasteiger partial charge is 0.339 e. The van der Waals surface area contributed by atoms with Crippen LogP contribution in [0.1, 0.15) is 31.6 Å². The Kier molecular flexibility index (Phi) is 4.04. The van der Waals surface area contributed by atoms with Gasteiger partial charge in [-0.3, -0.25) is 0 Å². The van der Waals surface area contributed by atoms with Crippen LogP contribution in [0, 0.1) is 5.82 Å². The third-order valence-corrected chi connectivity index (χ3v) is 2.82. The van der Waals surface area contributed by atoms with Gasteiger partial charge in [0.25, 0.3) is 0 Å². The van der Waals surface area contributed by atoms with Gasteiger partial charge in [0.1, 0.15) is 5.82 Å². The second kappa shape index (κ2) is 5.73. The second-order valence-electron chi connectivity index (χ2n) is 4.27. The smallest absolute Gasteiger partial charge is 0.229 e. The van der Waals surface area contributed by atoms with Gasteiger partial charge in [0.05, 0.1) is 5.56 Å². The molecule has 0 fully saturated rings. The van der Waals surface area contributed by atoms with Crippen molar-refractivity contribution in [3.05, 3.63) is 36.0 Å². The maximum atomic E-state index is 13.6. The van der Waals surface area contributed by atoms with Crippen LogP contribution in [0.2, 0.25) is 0 Å². The van der Waals surface area contributed by atoms with Crippen LogP contribution in [0.3, 0.4) is 0 Å². The van der Waals surface area contributed by atoms with E-state index in [1.807, 2.05) is 6.92 Å². The highest BCUT2D eigenvalue weighted by molar-refractivity contribution is 5.54. The van der Waals surface area contributed by atoms with Crippen molar-refractivity contribution in [3.8, 4) is 11.4 Å². The van der Waals surface area contributed by atoms with E-state index in [4.69, 9.17) is 10.3 Å². The maximum Gasteiger partial charge on any atom is 0.229 e. The lowest BCUT2D eigenvalue weighted by Crippen LogP contribution is -2.02. The topological polar surface area (TPSA) is 64.9 Å². The zero-order valence-corrected chi connectivity index (χ0v) is 10.3. The first-order valence-electron chi connectivity index (χ1n) is 6.01. The lowest BCUT2D eigenvalue weighted by molar-refractivity contribution is 0.352. The minimum absolute atomic E-state index is 0.140. The molecule has 1 heterocycles. The van der Waals surface area contributed by atoms with E-state index < -0.39 is 0 Å². The van der Waals surface area contributed by atoms with Crippen molar-refractivity contribution < 1.29 is 8.91 Å². The normalized spacial score (nSPS) is 12.6.